The second-order valence-electron chi connectivity index (χ2n) is 11.6. The number of allylic oxidation sites excluding steroid dienone is 4. The summed E-state index contributed by atoms with van der Waals surface area (Å²) in [4.78, 5) is 0. The molecule has 188 valence electrons. The maximum atomic E-state index is 2.87. The fourth-order valence-corrected chi connectivity index (χ4v) is 18.3. The van der Waals surface area contributed by atoms with Crippen LogP contribution >= 0.6 is 0 Å². The monoisotopic (exact) mass is 594 g/mol. The average molecular weight is 597 g/mol. The molecule has 0 nitrogen and oxygen atoms in total. The smallest absolute Gasteiger partial charge is 1.00 e. The van der Waals surface area contributed by atoms with Gasteiger partial charge in [0.05, 0.1) is 0 Å². The van der Waals surface area contributed by atoms with Crippen LogP contribution in [0.15, 0.2) is 60.7 Å². The van der Waals surface area contributed by atoms with Crippen molar-refractivity contribution in [2.45, 2.75) is 84.3 Å². The number of benzene rings is 2. The van der Waals surface area contributed by atoms with E-state index in [-0.39, 0.29) is 24.8 Å². The van der Waals surface area contributed by atoms with E-state index in [1.54, 1.807) is 33.4 Å². The first-order chi connectivity index (χ1) is 16.9. The van der Waals surface area contributed by atoms with E-state index in [1.807, 2.05) is 0 Å². The summed E-state index contributed by atoms with van der Waals surface area (Å²) >= 11 is -2.05. The Bertz CT molecular complexity index is 1100. The van der Waals surface area contributed by atoms with E-state index < -0.39 is 21.3 Å². The van der Waals surface area contributed by atoms with Crippen LogP contribution in [0.4, 0.5) is 0 Å². The summed E-state index contributed by atoms with van der Waals surface area (Å²) in [5.74, 6) is 1.65. The summed E-state index contributed by atoms with van der Waals surface area (Å²) in [6.45, 7) is 0. The van der Waals surface area contributed by atoms with Crippen LogP contribution in [0.3, 0.4) is 0 Å². The zero-order valence-electron chi connectivity index (χ0n) is 21.3. The van der Waals surface area contributed by atoms with Gasteiger partial charge in [0.25, 0.3) is 0 Å². The Balaban J connectivity index is 0.00000133. The summed E-state index contributed by atoms with van der Waals surface area (Å²) in [5.41, 5.74) is 10.2. The van der Waals surface area contributed by atoms with Gasteiger partial charge in [-0.3, -0.25) is 0 Å². The van der Waals surface area contributed by atoms with Gasteiger partial charge >= 0.3 is 215 Å². The normalized spacial score (nSPS) is 24.9. The molecule has 2 aromatic carbocycles. The van der Waals surface area contributed by atoms with E-state index in [4.69, 9.17) is 0 Å². The number of rotatable bonds is 4. The van der Waals surface area contributed by atoms with Crippen LogP contribution in [0.5, 0.6) is 0 Å². The molecule has 36 heavy (non-hydrogen) atoms. The minimum Gasteiger partial charge on any atom is -1.00 e. The number of fused-ring (bicyclic) bond motifs is 2. The Labute approximate surface area is 238 Å². The predicted molar refractivity (Wildman–Crippen MR) is 142 cm³/mol. The molecular formula is C33H38Cl2Zr. The number of hydrogen-bond acceptors (Lipinski definition) is 0. The van der Waals surface area contributed by atoms with Crippen molar-refractivity contribution in [3.8, 4) is 0 Å². The van der Waals surface area contributed by atoms with E-state index in [0.29, 0.717) is 0 Å². The predicted octanol–water partition coefficient (Wildman–Crippen LogP) is 3.02. The molecule has 5 aliphatic carbocycles. The van der Waals surface area contributed by atoms with Gasteiger partial charge < -0.3 is 24.8 Å². The topological polar surface area (TPSA) is 0 Å². The van der Waals surface area contributed by atoms with Crippen LogP contribution in [0.1, 0.15) is 107 Å². The second kappa shape index (κ2) is 11.6. The molecule has 0 amide bonds. The first-order valence-electron chi connectivity index (χ1n) is 14.2. The molecule has 3 saturated carbocycles. The zero-order chi connectivity index (χ0) is 22.5. The minimum absolute atomic E-state index is 0. The van der Waals surface area contributed by atoms with Crippen molar-refractivity contribution in [2.24, 2.45) is 11.8 Å². The van der Waals surface area contributed by atoms with Crippen LogP contribution in [-0.2, 0) is 21.3 Å². The van der Waals surface area contributed by atoms with Crippen LogP contribution in [0.2, 0.25) is 0 Å². The van der Waals surface area contributed by atoms with Crippen molar-refractivity contribution in [3.63, 3.8) is 0 Å². The van der Waals surface area contributed by atoms with Gasteiger partial charge in [0, 0.05) is 0 Å². The van der Waals surface area contributed by atoms with Crippen molar-refractivity contribution in [3.05, 3.63) is 82.9 Å². The maximum Gasteiger partial charge on any atom is -1.00 e. The molecule has 0 heterocycles. The van der Waals surface area contributed by atoms with Crippen molar-refractivity contribution in [1.29, 1.82) is 0 Å². The fraction of sp³-hybridized carbons (Fsp3) is 0.485. The van der Waals surface area contributed by atoms with Gasteiger partial charge in [0.1, 0.15) is 0 Å². The Morgan fingerprint density at radius 2 is 0.944 bits per heavy atom. The van der Waals surface area contributed by atoms with Gasteiger partial charge in [-0.05, 0) is 0 Å². The van der Waals surface area contributed by atoms with Crippen molar-refractivity contribution in [1.82, 2.24) is 0 Å². The molecule has 0 radical (unpaired) electrons. The van der Waals surface area contributed by atoms with Crippen LogP contribution in [0.25, 0.3) is 11.1 Å². The second-order valence-corrected chi connectivity index (χ2v) is 18.6. The van der Waals surface area contributed by atoms with Crippen molar-refractivity contribution >= 4 is 14.4 Å². The SMILES string of the molecule is C1=C(C2CCCC2)c2ccccc2[CH]1[Zr+2](=[C]1CCCC1)[CH]1C=C(C2CCCC2)c2ccccc21.[Cl-].[Cl-]. The van der Waals surface area contributed by atoms with Gasteiger partial charge in [0.15, 0.2) is 0 Å². The largest absolute Gasteiger partial charge is 1.00 e. The number of hydrogen-bond donors (Lipinski definition) is 0. The summed E-state index contributed by atoms with van der Waals surface area (Å²) < 4.78 is 3.56. The summed E-state index contributed by atoms with van der Waals surface area (Å²) in [5, 5.41) is 0. The molecule has 0 saturated heterocycles. The molecule has 7 rings (SSSR count). The van der Waals surface area contributed by atoms with E-state index in [2.05, 4.69) is 63.9 Å². The zero-order valence-corrected chi connectivity index (χ0v) is 25.3. The summed E-state index contributed by atoms with van der Waals surface area (Å²) in [6, 6.07) is 19.3. The average Bonchev–Trinajstić information content (AvgIpc) is 3.71. The third kappa shape index (κ3) is 4.65. The Hall–Kier alpha value is -0.747. The Morgan fingerprint density at radius 3 is 1.39 bits per heavy atom. The van der Waals surface area contributed by atoms with Gasteiger partial charge in [-0.1, -0.05) is 0 Å². The van der Waals surface area contributed by atoms with Crippen molar-refractivity contribution < 1.29 is 46.1 Å². The molecule has 0 N–H and O–H groups in total. The van der Waals surface area contributed by atoms with Crippen LogP contribution in [0, 0.1) is 11.8 Å². The Kier molecular flexibility index (Phi) is 8.62. The van der Waals surface area contributed by atoms with Gasteiger partial charge in [0.2, 0.25) is 0 Å². The maximum absolute atomic E-state index is 2.87. The quantitative estimate of drug-likeness (QED) is 0.510. The molecule has 3 fully saturated rings. The molecule has 0 aliphatic heterocycles. The molecule has 3 heteroatoms. The molecular weight excluding hydrogens is 558 g/mol. The molecule has 2 unspecified atom stereocenters. The third-order valence-corrected chi connectivity index (χ3v) is 18.7. The van der Waals surface area contributed by atoms with Crippen molar-refractivity contribution in [2.75, 3.05) is 0 Å². The molecule has 0 bridgehead atoms. The molecule has 2 atom stereocenters. The first kappa shape index (κ1) is 26.8. The van der Waals surface area contributed by atoms with Gasteiger partial charge in [-0.25, -0.2) is 0 Å². The summed E-state index contributed by atoms with van der Waals surface area (Å²) in [7, 11) is 0. The first-order valence-corrected chi connectivity index (χ1v) is 18.3. The fourth-order valence-electron chi connectivity index (χ4n) is 8.20. The van der Waals surface area contributed by atoms with E-state index in [0.717, 1.165) is 19.1 Å². The molecule has 0 spiro atoms. The van der Waals surface area contributed by atoms with E-state index in [1.165, 1.54) is 77.0 Å². The Morgan fingerprint density at radius 1 is 0.528 bits per heavy atom. The number of halogens is 2. The summed E-state index contributed by atoms with van der Waals surface area (Å²) in [6.07, 6.45) is 22.9. The van der Waals surface area contributed by atoms with Crippen LogP contribution in [-0.4, -0.2) is 3.21 Å². The molecule has 0 aromatic heterocycles. The standard InChI is InChI=1S/2C14H15.C5H8.2ClH.Zr/c2*1-2-6-11(5-1)14-10-9-12-7-3-4-8-13(12)14;1-2-4-5-3-1;;;/h2*3-4,7-11H,1-2,5-6H2;1-4H2;2*1H;/q;;;;;+2/p-2. The minimum atomic E-state index is -2.05. The van der Waals surface area contributed by atoms with Gasteiger partial charge in [-0.2, -0.15) is 0 Å². The van der Waals surface area contributed by atoms with Gasteiger partial charge in [-0.15, -0.1) is 0 Å². The van der Waals surface area contributed by atoms with Crippen LogP contribution < -0.4 is 24.8 Å². The van der Waals surface area contributed by atoms with E-state index >= 15 is 0 Å². The molecule has 5 aliphatic rings. The third-order valence-electron chi connectivity index (χ3n) is 9.78. The molecule has 2 aromatic rings. The van der Waals surface area contributed by atoms with E-state index in [9.17, 15) is 0 Å².